The van der Waals surface area contributed by atoms with Crippen molar-refractivity contribution in [1.29, 1.82) is 0 Å². The molecule has 1 heterocycles. The molecule has 23 heavy (non-hydrogen) atoms. The second-order valence-electron chi connectivity index (χ2n) is 5.60. The van der Waals surface area contributed by atoms with Crippen LogP contribution in [0, 0.1) is 0 Å². The number of hydrogen-bond acceptors (Lipinski definition) is 3. The smallest absolute Gasteiger partial charge is 0.322 e. The Hall–Kier alpha value is -2.31. The molecule has 0 aliphatic rings. The van der Waals surface area contributed by atoms with Crippen LogP contribution in [0.1, 0.15) is 13.8 Å². The molecule has 2 amide bonds. The maximum atomic E-state index is 12.4. The van der Waals surface area contributed by atoms with Crippen molar-refractivity contribution in [2.45, 2.75) is 26.0 Å². The highest BCUT2D eigenvalue weighted by Gasteiger charge is 2.21. The number of aromatic nitrogens is 1. The van der Waals surface area contributed by atoms with Crippen molar-refractivity contribution in [1.82, 2.24) is 9.47 Å². The monoisotopic (exact) mass is 317 g/mol. The van der Waals surface area contributed by atoms with Crippen LogP contribution in [0.15, 0.2) is 48.8 Å². The number of anilines is 1. The fourth-order valence-electron chi connectivity index (χ4n) is 2.29. The Labute approximate surface area is 136 Å². The molecule has 1 aromatic carbocycles. The van der Waals surface area contributed by atoms with E-state index in [-0.39, 0.29) is 25.2 Å². The molecule has 0 fully saturated rings. The standard InChI is InChI=1S/C17H23N3O3/c1-13(12-21)20(11-14(2)22)17(23)18-15-6-5-7-16(10-15)19-8-3-4-9-19/h3-10,13-14,21-22H,11-12H2,1-2H3,(H,18,23)/t13-,14-/m0/s1. The summed E-state index contributed by atoms with van der Waals surface area (Å²) in [6, 6.07) is 10.6. The molecule has 0 unspecified atom stereocenters. The summed E-state index contributed by atoms with van der Waals surface area (Å²) in [5.41, 5.74) is 1.59. The Bertz CT molecular complexity index is 626. The highest BCUT2D eigenvalue weighted by Crippen LogP contribution is 2.16. The number of carbonyl (C=O) groups is 1. The van der Waals surface area contributed by atoms with Crippen LogP contribution < -0.4 is 5.32 Å². The molecule has 124 valence electrons. The highest BCUT2D eigenvalue weighted by molar-refractivity contribution is 5.89. The molecule has 0 saturated carbocycles. The van der Waals surface area contributed by atoms with Gasteiger partial charge in [0.2, 0.25) is 0 Å². The number of hydrogen-bond donors (Lipinski definition) is 3. The van der Waals surface area contributed by atoms with Crippen molar-refractivity contribution >= 4 is 11.7 Å². The summed E-state index contributed by atoms with van der Waals surface area (Å²) >= 11 is 0. The Morgan fingerprint density at radius 1 is 1.26 bits per heavy atom. The van der Waals surface area contributed by atoms with Gasteiger partial charge in [-0.2, -0.15) is 0 Å². The summed E-state index contributed by atoms with van der Waals surface area (Å²) in [6.07, 6.45) is 3.18. The van der Waals surface area contributed by atoms with Crippen LogP contribution in [0.2, 0.25) is 0 Å². The van der Waals surface area contributed by atoms with Crippen molar-refractivity contribution < 1.29 is 15.0 Å². The Morgan fingerprint density at radius 2 is 1.96 bits per heavy atom. The Balaban J connectivity index is 2.13. The molecule has 0 saturated heterocycles. The van der Waals surface area contributed by atoms with Crippen LogP contribution >= 0.6 is 0 Å². The largest absolute Gasteiger partial charge is 0.394 e. The van der Waals surface area contributed by atoms with E-state index in [9.17, 15) is 15.0 Å². The average molecular weight is 317 g/mol. The van der Waals surface area contributed by atoms with Gasteiger partial charge in [0.05, 0.1) is 18.8 Å². The van der Waals surface area contributed by atoms with Gasteiger partial charge in [-0.3, -0.25) is 0 Å². The van der Waals surface area contributed by atoms with E-state index < -0.39 is 6.10 Å². The number of amides is 2. The van der Waals surface area contributed by atoms with Crippen molar-refractivity contribution in [2.75, 3.05) is 18.5 Å². The lowest BCUT2D eigenvalue weighted by atomic mass is 10.2. The van der Waals surface area contributed by atoms with E-state index >= 15 is 0 Å². The SMILES string of the molecule is C[C@H](O)CN(C(=O)Nc1cccc(-n2cccc2)c1)[C@@H](C)CO. The third-order valence-corrected chi connectivity index (χ3v) is 3.52. The summed E-state index contributed by atoms with van der Waals surface area (Å²) in [5, 5.41) is 21.7. The molecule has 2 aromatic rings. The van der Waals surface area contributed by atoms with Crippen molar-refractivity contribution in [3.8, 4) is 5.69 Å². The van der Waals surface area contributed by atoms with Crippen LogP contribution in [-0.4, -0.2) is 51.0 Å². The van der Waals surface area contributed by atoms with Crippen LogP contribution in [0.25, 0.3) is 5.69 Å². The van der Waals surface area contributed by atoms with Crippen molar-refractivity contribution in [2.24, 2.45) is 0 Å². The molecular weight excluding hydrogens is 294 g/mol. The van der Waals surface area contributed by atoms with Gasteiger partial charge < -0.3 is 25.0 Å². The number of rotatable bonds is 6. The van der Waals surface area contributed by atoms with Crippen molar-refractivity contribution in [3.63, 3.8) is 0 Å². The van der Waals surface area contributed by atoms with Gasteiger partial charge in [-0.05, 0) is 44.2 Å². The van der Waals surface area contributed by atoms with E-state index in [1.54, 1.807) is 19.9 Å². The lowest BCUT2D eigenvalue weighted by molar-refractivity contribution is 0.0995. The second-order valence-corrected chi connectivity index (χ2v) is 5.60. The third-order valence-electron chi connectivity index (χ3n) is 3.52. The Morgan fingerprint density at radius 3 is 2.57 bits per heavy atom. The number of urea groups is 1. The van der Waals surface area contributed by atoms with Crippen molar-refractivity contribution in [3.05, 3.63) is 48.8 Å². The minimum atomic E-state index is -0.666. The first-order chi connectivity index (χ1) is 11.0. The fourth-order valence-corrected chi connectivity index (χ4v) is 2.29. The minimum Gasteiger partial charge on any atom is -0.394 e. The van der Waals surface area contributed by atoms with E-state index in [1.165, 1.54) is 4.90 Å². The van der Waals surface area contributed by atoms with E-state index in [1.807, 2.05) is 47.3 Å². The third kappa shape index (κ3) is 4.58. The van der Waals surface area contributed by atoms with E-state index in [0.717, 1.165) is 5.69 Å². The van der Waals surface area contributed by atoms with Gasteiger partial charge >= 0.3 is 6.03 Å². The maximum Gasteiger partial charge on any atom is 0.322 e. The average Bonchev–Trinajstić information content (AvgIpc) is 3.06. The predicted octanol–water partition coefficient (Wildman–Crippen LogP) is 2.07. The zero-order chi connectivity index (χ0) is 16.8. The molecule has 0 aliphatic carbocycles. The van der Waals surface area contributed by atoms with E-state index in [4.69, 9.17) is 0 Å². The molecule has 0 spiro atoms. The number of nitrogens with one attached hydrogen (secondary N) is 1. The normalized spacial score (nSPS) is 13.4. The number of nitrogens with zero attached hydrogens (tertiary/aromatic N) is 2. The first kappa shape index (κ1) is 17.1. The molecule has 6 heteroatoms. The minimum absolute atomic E-state index is 0.158. The van der Waals surface area contributed by atoms with Crippen LogP contribution in [0.3, 0.4) is 0 Å². The van der Waals surface area contributed by atoms with Gasteiger partial charge in [0.15, 0.2) is 0 Å². The lowest BCUT2D eigenvalue weighted by Crippen LogP contribution is -2.46. The Kier molecular flexibility index (Phi) is 5.78. The molecular formula is C17H23N3O3. The van der Waals surface area contributed by atoms with Gasteiger partial charge in [-0.15, -0.1) is 0 Å². The van der Waals surface area contributed by atoms with Crippen LogP contribution in [0.4, 0.5) is 10.5 Å². The number of aliphatic hydroxyl groups excluding tert-OH is 2. The van der Waals surface area contributed by atoms with Gasteiger partial charge in [-0.25, -0.2) is 4.79 Å². The zero-order valence-electron chi connectivity index (χ0n) is 13.4. The first-order valence-corrected chi connectivity index (χ1v) is 7.61. The summed E-state index contributed by atoms with van der Waals surface area (Å²) in [5.74, 6) is 0. The second kappa shape index (κ2) is 7.80. The summed E-state index contributed by atoms with van der Waals surface area (Å²) in [7, 11) is 0. The van der Waals surface area contributed by atoms with Gasteiger partial charge in [-0.1, -0.05) is 6.07 Å². The number of carbonyl (C=O) groups excluding carboxylic acids is 1. The molecule has 0 aliphatic heterocycles. The summed E-state index contributed by atoms with van der Waals surface area (Å²) in [6.45, 7) is 3.34. The number of aliphatic hydroxyl groups is 2. The maximum absolute atomic E-state index is 12.4. The van der Waals surface area contributed by atoms with Gasteiger partial charge in [0.1, 0.15) is 0 Å². The first-order valence-electron chi connectivity index (χ1n) is 7.61. The molecule has 2 rings (SSSR count). The molecule has 6 nitrogen and oxygen atoms in total. The predicted molar refractivity (Wildman–Crippen MR) is 89.7 cm³/mol. The molecule has 0 radical (unpaired) electrons. The molecule has 1 aromatic heterocycles. The molecule has 2 atom stereocenters. The lowest BCUT2D eigenvalue weighted by Gasteiger charge is -2.29. The van der Waals surface area contributed by atoms with Gasteiger partial charge in [0, 0.05) is 30.3 Å². The topological polar surface area (TPSA) is 77.7 Å². The molecule has 0 bridgehead atoms. The van der Waals surface area contributed by atoms with E-state index in [2.05, 4.69) is 5.32 Å². The van der Waals surface area contributed by atoms with Crippen LogP contribution in [-0.2, 0) is 0 Å². The summed E-state index contributed by atoms with van der Waals surface area (Å²) < 4.78 is 1.94. The zero-order valence-corrected chi connectivity index (χ0v) is 13.4. The fraction of sp³-hybridized carbons (Fsp3) is 0.353. The van der Waals surface area contributed by atoms with Crippen LogP contribution in [0.5, 0.6) is 0 Å². The quantitative estimate of drug-likeness (QED) is 0.763. The molecule has 3 N–H and O–H groups in total. The summed E-state index contributed by atoms with van der Waals surface area (Å²) in [4.78, 5) is 13.9. The van der Waals surface area contributed by atoms with E-state index in [0.29, 0.717) is 5.69 Å². The number of benzene rings is 1. The van der Waals surface area contributed by atoms with Gasteiger partial charge in [0.25, 0.3) is 0 Å². The highest BCUT2D eigenvalue weighted by atomic mass is 16.3.